The third kappa shape index (κ3) is 5.27. The molecule has 1 aromatic heterocycles. The Morgan fingerprint density at radius 3 is 2.17 bits per heavy atom. The molecule has 0 spiro atoms. The second-order valence-electron chi connectivity index (χ2n) is 8.55. The second-order valence-corrected chi connectivity index (χ2v) is 8.55. The van der Waals surface area contributed by atoms with Gasteiger partial charge in [-0.2, -0.15) is 9.78 Å². The third-order valence-corrected chi connectivity index (χ3v) is 5.58. The van der Waals surface area contributed by atoms with Crippen LogP contribution < -0.4 is 11.2 Å². The van der Waals surface area contributed by atoms with Crippen LogP contribution in [0.15, 0.2) is 82.4 Å². The first kappa shape index (κ1) is 23.8. The van der Waals surface area contributed by atoms with Crippen LogP contribution in [0.2, 0.25) is 0 Å². The summed E-state index contributed by atoms with van der Waals surface area (Å²) in [6.07, 6.45) is 0. The monoisotopic (exact) mass is 472 g/mol. The summed E-state index contributed by atoms with van der Waals surface area (Å²) in [5.74, 6) is -1.04. The smallest absolute Gasteiger partial charge is 0.336 e. The third-order valence-electron chi connectivity index (χ3n) is 5.58. The molecule has 0 unspecified atom stereocenters. The summed E-state index contributed by atoms with van der Waals surface area (Å²) >= 11 is 0. The number of carbonyl (C=O) groups excluding carboxylic acids is 1. The van der Waals surface area contributed by atoms with Crippen LogP contribution in [0.4, 0.5) is 4.39 Å². The lowest BCUT2D eigenvalue weighted by Gasteiger charge is -2.18. The summed E-state index contributed by atoms with van der Waals surface area (Å²) < 4.78 is 15.4. The molecule has 0 bridgehead atoms. The van der Waals surface area contributed by atoms with Crippen LogP contribution in [-0.4, -0.2) is 32.2 Å². The van der Waals surface area contributed by atoms with E-state index in [1.54, 1.807) is 19.2 Å². The predicted octanol–water partition coefficient (Wildman–Crippen LogP) is 3.47. The van der Waals surface area contributed by atoms with Crippen molar-refractivity contribution in [2.75, 3.05) is 7.05 Å². The van der Waals surface area contributed by atoms with Crippen molar-refractivity contribution < 1.29 is 9.18 Å². The number of rotatable bonds is 6. The summed E-state index contributed by atoms with van der Waals surface area (Å²) in [4.78, 5) is 41.4. The van der Waals surface area contributed by atoms with Crippen molar-refractivity contribution in [2.24, 2.45) is 0 Å². The van der Waals surface area contributed by atoms with E-state index in [1.165, 1.54) is 29.2 Å². The highest BCUT2D eigenvalue weighted by Gasteiger charge is 2.23. The van der Waals surface area contributed by atoms with E-state index in [4.69, 9.17) is 0 Å². The number of aryl methyl sites for hydroxylation is 2. The van der Waals surface area contributed by atoms with Gasteiger partial charge >= 0.3 is 5.69 Å². The second kappa shape index (κ2) is 9.89. The zero-order valence-electron chi connectivity index (χ0n) is 19.7. The molecule has 0 saturated carbocycles. The Morgan fingerprint density at radius 2 is 1.54 bits per heavy atom. The molecular formula is C27H25FN4O3. The molecule has 7 nitrogen and oxygen atoms in total. The average molecular weight is 473 g/mol. The topological polar surface area (TPSA) is 77.2 Å². The van der Waals surface area contributed by atoms with Crippen LogP contribution in [0.3, 0.4) is 0 Å². The number of hydrogen-bond acceptors (Lipinski definition) is 4. The zero-order chi connectivity index (χ0) is 25.1. The van der Waals surface area contributed by atoms with Crippen LogP contribution in [0, 0.1) is 19.7 Å². The molecule has 178 valence electrons. The van der Waals surface area contributed by atoms with Crippen LogP contribution >= 0.6 is 0 Å². The number of halogens is 1. The van der Waals surface area contributed by atoms with Crippen molar-refractivity contribution in [3.63, 3.8) is 0 Å². The Labute approximate surface area is 201 Å². The molecule has 0 aliphatic rings. The van der Waals surface area contributed by atoms with Gasteiger partial charge in [-0.25, -0.2) is 9.18 Å². The highest BCUT2D eigenvalue weighted by molar-refractivity contribution is 5.91. The summed E-state index contributed by atoms with van der Waals surface area (Å²) in [5.41, 5.74) is 1.82. The molecule has 3 aromatic carbocycles. The Balaban J connectivity index is 1.84. The molecule has 0 N–H and O–H groups in total. The van der Waals surface area contributed by atoms with E-state index >= 15 is 0 Å². The number of amides is 1. The standard InChI is InChI=1S/C27H25FN4O3/c1-18-13-19(2)15-23(14-18)32-27(35)31(17-21-9-11-22(28)12-10-21)26(34)24(29-32)25(33)30(3)16-20-7-5-4-6-8-20/h4-15H,16-17H2,1-3H3. The van der Waals surface area contributed by atoms with Crippen LogP contribution in [0.5, 0.6) is 0 Å². The zero-order valence-corrected chi connectivity index (χ0v) is 19.7. The van der Waals surface area contributed by atoms with Gasteiger partial charge in [-0.3, -0.25) is 14.2 Å². The molecule has 0 radical (unpaired) electrons. The fourth-order valence-electron chi connectivity index (χ4n) is 3.91. The van der Waals surface area contributed by atoms with Gasteiger partial charge in [-0.05, 0) is 60.4 Å². The van der Waals surface area contributed by atoms with E-state index in [1.807, 2.05) is 50.2 Å². The van der Waals surface area contributed by atoms with Gasteiger partial charge in [0.05, 0.1) is 12.2 Å². The average Bonchev–Trinajstić information content (AvgIpc) is 2.82. The molecular weight excluding hydrogens is 447 g/mol. The van der Waals surface area contributed by atoms with E-state index in [0.717, 1.165) is 25.9 Å². The van der Waals surface area contributed by atoms with Gasteiger partial charge in [0.15, 0.2) is 0 Å². The van der Waals surface area contributed by atoms with E-state index in [2.05, 4.69) is 5.10 Å². The molecule has 1 amide bonds. The number of carbonyl (C=O) groups is 1. The van der Waals surface area contributed by atoms with Crippen molar-refractivity contribution in [1.82, 2.24) is 19.2 Å². The molecule has 4 rings (SSSR count). The minimum Gasteiger partial charge on any atom is -0.336 e. The number of aromatic nitrogens is 3. The summed E-state index contributed by atoms with van der Waals surface area (Å²) in [5, 5.41) is 4.22. The minimum atomic E-state index is -0.801. The molecule has 0 aliphatic carbocycles. The normalized spacial score (nSPS) is 10.9. The maximum Gasteiger partial charge on any atom is 0.352 e. The molecule has 8 heteroatoms. The van der Waals surface area contributed by atoms with Gasteiger partial charge in [0.1, 0.15) is 5.82 Å². The van der Waals surface area contributed by atoms with Gasteiger partial charge in [-0.1, -0.05) is 48.5 Å². The van der Waals surface area contributed by atoms with Crippen molar-refractivity contribution in [3.8, 4) is 5.69 Å². The van der Waals surface area contributed by atoms with Crippen molar-refractivity contribution in [3.05, 3.63) is 127 Å². The fourth-order valence-corrected chi connectivity index (χ4v) is 3.91. The Morgan fingerprint density at radius 1 is 0.914 bits per heavy atom. The maximum atomic E-state index is 13.4. The fraction of sp³-hybridized carbons (Fsp3) is 0.185. The maximum absolute atomic E-state index is 13.4. The SMILES string of the molecule is Cc1cc(C)cc(-n2nc(C(=O)N(C)Cc3ccccc3)c(=O)n(Cc3ccc(F)cc3)c2=O)c1. The highest BCUT2D eigenvalue weighted by atomic mass is 19.1. The highest BCUT2D eigenvalue weighted by Crippen LogP contribution is 2.12. The van der Waals surface area contributed by atoms with E-state index < -0.39 is 23.0 Å². The molecule has 0 atom stereocenters. The van der Waals surface area contributed by atoms with E-state index in [0.29, 0.717) is 11.3 Å². The van der Waals surface area contributed by atoms with E-state index in [9.17, 15) is 18.8 Å². The summed E-state index contributed by atoms with van der Waals surface area (Å²) in [6.45, 7) is 3.90. The summed E-state index contributed by atoms with van der Waals surface area (Å²) in [7, 11) is 1.58. The number of benzene rings is 3. The van der Waals surface area contributed by atoms with Crippen LogP contribution in [0.1, 0.15) is 32.7 Å². The molecule has 4 aromatic rings. The van der Waals surface area contributed by atoms with Gasteiger partial charge in [-0.15, -0.1) is 0 Å². The quantitative estimate of drug-likeness (QED) is 0.431. The number of nitrogens with zero attached hydrogens (tertiary/aromatic N) is 4. The van der Waals surface area contributed by atoms with Crippen molar-refractivity contribution >= 4 is 5.91 Å². The molecule has 0 aliphatic heterocycles. The Kier molecular flexibility index (Phi) is 6.73. The van der Waals surface area contributed by atoms with Gasteiger partial charge in [0.25, 0.3) is 11.5 Å². The Hall–Kier alpha value is -4.33. The van der Waals surface area contributed by atoms with Crippen molar-refractivity contribution in [1.29, 1.82) is 0 Å². The van der Waals surface area contributed by atoms with Gasteiger partial charge in [0.2, 0.25) is 5.69 Å². The van der Waals surface area contributed by atoms with E-state index in [-0.39, 0.29) is 18.8 Å². The van der Waals surface area contributed by atoms with Gasteiger partial charge < -0.3 is 4.90 Å². The lowest BCUT2D eigenvalue weighted by molar-refractivity contribution is 0.0773. The molecule has 35 heavy (non-hydrogen) atoms. The summed E-state index contributed by atoms with van der Waals surface area (Å²) in [6, 6.07) is 20.3. The molecule has 0 saturated heterocycles. The lowest BCUT2D eigenvalue weighted by Crippen LogP contribution is -2.46. The lowest BCUT2D eigenvalue weighted by atomic mass is 10.1. The first-order valence-corrected chi connectivity index (χ1v) is 11.1. The largest absolute Gasteiger partial charge is 0.352 e. The van der Waals surface area contributed by atoms with Crippen LogP contribution in [-0.2, 0) is 13.1 Å². The minimum absolute atomic E-state index is 0.131. The first-order valence-electron chi connectivity index (χ1n) is 11.1. The van der Waals surface area contributed by atoms with Gasteiger partial charge in [0, 0.05) is 13.6 Å². The first-order chi connectivity index (χ1) is 16.7. The number of hydrogen-bond donors (Lipinski definition) is 0. The van der Waals surface area contributed by atoms with Crippen molar-refractivity contribution in [2.45, 2.75) is 26.9 Å². The predicted molar refractivity (Wildman–Crippen MR) is 131 cm³/mol. The molecule has 0 fully saturated rings. The molecule has 1 heterocycles. The van der Waals surface area contributed by atoms with Crippen LogP contribution in [0.25, 0.3) is 5.69 Å². The Bertz CT molecular complexity index is 1470.